The number of benzene rings is 1. The van der Waals surface area contributed by atoms with Gasteiger partial charge >= 0.3 is 0 Å². The Morgan fingerprint density at radius 3 is 2.78 bits per heavy atom. The molecule has 1 aromatic rings. The summed E-state index contributed by atoms with van der Waals surface area (Å²) in [6.07, 6.45) is 2.01. The minimum Gasteiger partial charge on any atom is -0.486 e. The minimum absolute atomic E-state index is 0.270. The van der Waals surface area contributed by atoms with Crippen LogP contribution in [0.1, 0.15) is 18.9 Å². The summed E-state index contributed by atoms with van der Waals surface area (Å²) in [6.45, 7) is 5.26. The van der Waals surface area contributed by atoms with Crippen LogP contribution in [0.3, 0.4) is 0 Å². The molecule has 1 unspecified atom stereocenters. The maximum Gasteiger partial charge on any atom is 0.161 e. The molecule has 0 aliphatic carbocycles. The molecule has 0 amide bonds. The van der Waals surface area contributed by atoms with E-state index in [0.717, 1.165) is 37.4 Å². The molecule has 2 rings (SSSR count). The topological polar surface area (TPSA) is 56.5 Å². The van der Waals surface area contributed by atoms with Crippen molar-refractivity contribution in [3.05, 3.63) is 23.8 Å². The number of hydrogen-bond acceptors (Lipinski definition) is 4. The van der Waals surface area contributed by atoms with Crippen LogP contribution in [0.25, 0.3) is 0 Å². The molecule has 0 saturated carbocycles. The molecule has 0 radical (unpaired) electrons. The fraction of sp³-hybridized carbons (Fsp3) is 0.571. The van der Waals surface area contributed by atoms with Crippen molar-refractivity contribution < 1.29 is 9.47 Å². The summed E-state index contributed by atoms with van der Waals surface area (Å²) in [6, 6.07) is 6.43. The van der Waals surface area contributed by atoms with Gasteiger partial charge in [-0.3, -0.25) is 0 Å². The van der Waals surface area contributed by atoms with Crippen LogP contribution in [0.4, 0.5) is 0 Å². The van der Waals surface area contributed by atoms with Crippen molar-refractivity contribution in [2.45, 2.75) is 25.8 Å². The van der Waals surface area contributed by atoms with Crippen LogP contribution in [-0.2, 0) is 6.42 Å². The van der Waals surface area contributed by atoms with E-state index in [1.807, 2.05) is 13.0 Å². The number of nitrogens with one attached hydrogen (secondary N) is 1. The minimum atomic E-state index is 0.270. The van der Waals surface area contributed by atoms with Gasteiger partial charge in [-0.15, -0.1) is 0 Å². The molecule has 0 aromatic heterocycles. The largest absolute Gasteiger partial charge is 0.486 e. The normalized spacial score (nSPS) is 15.4. The summed E-state index contributed by atoms with van der Waals surface area (Å²) in [5.74, 6) is 1.73. The Morgan fingerprint density at radius 2 is 2.00 bits per heavy atom. The highest BCUT2D eigenvalue weighted by Gasteiger charge is 2.11. The Balaban J connectivity index is 1.76. The maximum absolute atomic E-state index is 5.69. The first-order valence-corrected chi connectivity index (χ1v) is 6.60. The van der Waals surface area contributed by atoms with Crippen molar-refractivity contribution in [2.75, 3.05) is 26.3 Å². The lowest BCUT2D eigenvalue weighted by atomic mass is 10.1. The molecule has 0 fully saturated rings. The van der Waals surface area contributed by atoms with Gasteiger partial charge in [-0.25, -0.2) is 0 Å². The van der Waals surface area contributed by atoms with Gasteiger partial charge in [-0.05, 0) is 50.6 Å². The molecule has 100 valence electrons. The molecule has 0 saturated heterocycles. The summed E-state index contributed by atoms with van der Waals surface area (Å²) < 4.78 is 11.1. The molecule has 3 N–H and O–H groups in total. The maximum atomic E-state index is 5.69. The smallest absolute Gasteiger partial charge is 0.161 e. The van der Waals surface area contributed by atoms with Gasteiger partial charge in [0.2, 0.25) is 0 Å². The SMILES string of the molecule is CC(N)CCNCCc1ccc2c(c1)OCCO2. The van der Waals surface area contributed by atoms with E-state index in [2.05, 4.69) is 17.4 Å². The number of fused-ring (bicyclic) bond motifs is 1. The molecule has 1 heterocycles. The Hall–Kier alpha value is -1.26. The molecule has 18 heavy (non-hydrogen) atoms. The van der Waals surface area contributed by atoms with Gasteiger partial charge in [0, 0.05) is 6.04 Å². The summed E-state index contributed by atoms with van der Waals surface area (Å²) >= 11 is 0. The zero-order chi connectivity index (χ0) is 12.8. The molecule has 4 nitrogen and oxygen atoms in total. The Bertz CT molecular complexity index is 380. The van der Waals surface area contributed by atoms with Crippen molar-refractivity contribution >= 4 is 0 Å². The molecule has 1 aliphatic rings. The third kappa shape index (κ3) is 3.89. The average molecular weight is 250 g/mol. The van der Waals surface area contributed by atoms with E-state index in [-0.39, 0.29) is 6.04 Å². The molecule has 1 aromatic carbocycles. The first kappa shape index (κ1) is 13.2. The highest BCUT2D eigenvalue weighted by Crippen LogP contribution is 2.30. The lowest BCUT2D eigenvalue weighted by Gasteiger charge is -2.18. The van der Waals surface area contributed by atoms with Crippen molar-refractivity contribution in [3.8, 4) is 11.5 Å². The zero-order valence-electron chi connectivity index (χ0n) is 10.9. The van der Waals surface area contributed by atoms with E-state index in [1.54, 1.807) is 0 Å². The Morgan fingerprint density at radius 1 is 1.22 bits per heavy atom. The first-order chi connectivity index (χ1) is 8.75. The number of rotatable bonds is 6. The van der Waals surface area contributed by atoms with Crippen LogP contribution in [0.2, 0.25) is 0 Å². The summed E-state index contributed by atoms with van der Waals surface area (Å²) in [5.41, 5.74) is 6.96. The van der Waals surface area contributed by atoms with Gasteiger partial charge in [0.1, 0.15) is 13.2 Å². The van der Waals surface area contributed by atoms with Crippen molar-refractivity contribution in [2.24, 2.45) is 5.73 Å². The second kappa shape index (κ2) is 6.61. The van der Waals surface area contributed by atoms with Crippen molar-refractivity contribution in [1.82, 2.24) is 5.32 Å². The van der Waals surface area contributed by atoms with Crippen molar-refractivity contribution in [1.29, 1.82) is 0 Å². The molecule has 4 heteroatoms. The Labute approximate surface area is 108 Å². The molecular weight excluding hydrogens is 228 g/mol. The predicted molar refractivity (Wildman–Crippen MR) is 72.3 cm³/mol. The first-order valence-electron chi connectivity index (χ1n) is 6.60. The van der Waals surface area contributed by atoms with Crippen LogP contribution in [-0.4, -0.2) is 32.3 Å². The summed E-state index contributed by atoms with van der Waals surface area (Å²) in [5, 5.41) is 3.39. The van der Waals surface area contributed by atoms with Gasteiger partial charge in [-0.1, -0.05) is 6.07 Å². The van der Waals surface area contributed by atoms with Gasteiger partial charge in [0.15, 0.2) is 11.5 Å². The second-order valence-corrected chi connectivity index (χ2v) is 4.74. The lowest BCUT2D eigenvalue weighted by molar-refractivity contribution is 0.171. The summed E-state index contributed by atoms with van der Waals surface area (Å²) in [4.78, 5) is 0. The predicted octanol–water partition coefficient (Wildman–Crippen LogP) is 1.33. The fourth-order valence-corrected chi connectivity index (χ4v) is 1.93. The highest BCUT2D eigenvalue weighted by atomic mass is 16.6. The van der Waals surface area contributed by atoms with E-state index in [4.69, 9.17) is 15.2 Å². The van der Waals surface area contributed by atoms with Crippen LogP contribution < -0.4 is 20.5 Å². The van der Waals surface area contributed by atoms with Gasteiger partial charge in [0.05, 0.1) is 0 Å². The molecule has 1 atom stereocenters. The number of hydrogen-bond donors (Lipinski definition) is 2. The second-order valence-electron chi connectivity index (χ2n) is 4.74. The number of ether oxygens (including phenoxy) is 2. The van der Waals surface area contributed by atoms with Crippen LogP contribution in [0.15, 0.2) is 18.2 Å². The van der Waals surface area contributed by atoms with Gasteiger partial charge < -0.3 is 20.5 Å². The zero-order valence-corrected chi connectivity index (χ0v) is 10.9. The molecule has 0 spiro atoms. The number of nitrogens with two attached hydrogens (primary N) is 1. The van der Waals surface area contributed by atoms with E-state index >= 15 is 0 Å². The van der Waals surface area contributed by atoms with Crippen LogP contribution in [0.5, 0.6) is 11.5 Å². The van der Waals surface area contributed by atoms with E-state index in [0.29, 0.717) is 13.2 Å². The van der Waals surface area contributed by atoms with Gasteiger partial charge in [0.25, 0.3) is 0 Å². The lowest BCUT2D eigenvalue weighted by Crippen LogP contribution is -2.25. The highest BCUT2D eigenvalue weighted by molar-refractivity contribution is 5.43. The quantitative estimate of drug-likeness (QED) is 0.748. The van der Waals surface area contributed by atoms with Gasteiger partial charge in [-0.2, -0.15) is 0 Å². The van der Waals surface area contributed by atoms with E-state index < -0.39 is 0 Å². The standard InChI is InChI=1S/C14H22N2O2/c1-11(15)4-6-16-7-5-12-2-3-13-14(10-12)18-9-8-17-13/h2-3,10-11,16H,4-9,15H2,1H3. The van der Waals surface area contributed by atoms with E-state index in [1.165, 1.54) is 5.56 Å². The Kier molecular flexibility index (Phi) is 4.84. The molecule has 1 aliphatic heterocycles. The van der Waals surface area contributed by atoms with Crippen LogP contribution in [0, 0.1) is 0 Å². The monoisotopic (exact) mass is 250 g/mol. The summed E-state index contributed by atoms with van der Waals surface area (Å²) in [7, 11) is 0. The van der Waals surface area contributed by atoms with Crippen molar-refractivity contribution in [3.63, 3.8) is 0 Å². The van der Waals surface area contributed by atoms with E-state index in [9.17, 15) is 0 Å². The van der Waals surface area contributed by atoms with Crippen LogP contribution >= 0.6 is 0 Å². The molecular formula is C14H22N2O2. The molecule has 0 bridgehead atoms. The third-order valence-electron chi connectivity index (χ3n) is 2.97. The average Bonchev–Trinajstić information content (AvgIpc) is 2.38. The fourth-order valence-electron chi connectivity index (χ4n) is 1.93. The third-order valence-corrected chi connectivity index (χ3v) is 2.97.